The van der Waals surface area contributed by atoms with Crippen LogP contribution in [0, 0.1) is 5.82 Å². The SMILES string of the molecule is CCCNC(C)c1cccc(F)c1OCCOC. The van der Waals surface area contributed by atoms with Crippen LogP contribution < -0.4 is 10.1 Å². The Kier molecular flexibility index (Phi) is 6.68. The maximum absolute atomic E-state index is 13.8. The number of methoxy groups -OCH3 is 1. The number of benzene rings is 1. The molecule has 0 saturated heterocycles. The molecule has 0 aromatic heterocycles. The Labute approximate surface area is 108 Å². The Hall–Kier alpha value is -1.13. The van der Waals surface area contributed by atoms with Crippen molar-refractivity contribution in [3.8, 4) is 5.75 Å². The van der Waals surface area contributed by atoms with Crippen LogP contribution in [0.15, 0.2) is 18.2 Å². The van der Waals surface area contributed by atoms with Gasteiger partial charge in [-0.25, -0.2) is 4.39 Å². The minimum atomic E-state index is -0.325. The number of rotatable bonds is 8. The van der Waals surface area contributed by atoms with E-state index in [1.54, 1.807) is 13.2 Å². The normalized spacial score (nSPS) is 12.4. The lowest BCUT2D eigenvalue weighted by molar-refractivity contribution is 0.143. The van der Waals surface area contributed by atoms with Gasteiger partial charge in [0.05, 0.1) is 6.61 Å². The number of hydrogen-bond acceptors (Lipinski definition) is 3. The molecule has 1 aromatic rings. The van der Waals surface area contributed by atoms with E-state index in [-0.39, 0.29) is 11.9 Å². The lowest BCUT2D eigenvalue weighted by Gasteiger charge is -2.18. The molecule has 4 heteroatoms. The van der Waals surface area contributed by atoms with E-state index in [4.69, 9.17) is 9.47 Å². The monoisotopic (exact) mass is 255 g/mol. The van der Waals surface area contributed by atoms with E-state index >= 15 is 0 Å². The summed E-state index contributed by atoms with van der Waals surface area (Å²) in [6.07, 6.45) is 1.04. The molecule has 0 spiro atoms. The van der Waals surface area contributed by atoms with Crippen LogP contribution >= 0.6 is 0 Å². The number of para-hydroxylation sites is 1. The second-order valence-corrected chi connectivity index (χ2v) is 4.18. The van der Waals surface area contributed by atoms with Crippen molar-refractivity contribution in [1.29, 1.82) is 0 Å². The molecule has 0 amide bonds. The number of nitrogens with one attached hydrogen (secondary N) is 1. The van der Waals surface area contributed by atoms with Crippen molar-refractivity contribution >= 4 is 0 Å². The van der Waals surface area contributed by atoms with E-state index in [9.17, 15) is 4.39 Å². The fourth-order valence-corrected chi connectivity index (χ4v) is 1.72. The Morgan fingerprint density at radius 3 is 2.78 bits per heavy atom. The van der Waals surface area contributed by atoms with Crippen LogP contribution in [0.1, 0.15) is 31.9 Å². The van der Waals surface area contributed by atoms with Gasteiger partial charge in [-0.05, 0) is 26.0 Å². The van der Waals surface area contributed by atoms with Crippen molar-refractivity contribution < 1.29 is 13.9 Å². The zero-order valence-electron chi connectivity index (χ0n) is 11.3. The second-order valence-electron chi connectivity index (χ2n) is 4.18. The van der Waals surface area contributed by atoms with Crippen LogP contribution in [0.5, 0.6) is 5.75 Å². The number of ether oxygens (including phenoxy) is 2. The van der Waals surface area contributed by atoms with Crippen LogP contribution in [-0.2, 0) is 4.74 Å². The van der Waals surface area contributed by atoms with Crippen LogP contribution in [0.2, 0.25) is 0 Å². The maximum atomic E-state index is 13.8. The Bertz CT molecular complexity index is 358. The molecule has 0 aliphatic carbocycles. The first kappa shape index (κ1) is 14.9. The van der Waals surface area contributed by atoms with E-state index < -0.39 is 0 Å². The van der Waals surface area contributed by atoms with Crippen molar-refractivity contribution in [3.05, 3.63) is 29.6 Å². The molecular weight excluding hydrogens is 233 g/mol. The lowest BCUT2D eigenvalue weighted by atomic mass is 10.1. The van der Waals surface area contributed by atoms with E-state index in [2.05, 4.69) is 12.2 Å². The highest BCUT2D eigenvalue weighted by atomic mass is 19.1. The summed E-state index contributed by atoms with van der Waals surface area (Å²) in [7, 11) is 1.59. The fraction of sp³-hybridized carbons (Fsp3) is 0.571. The third-order valence-corrected chi connectivity index (χ3v) is 2.70. The van der Waals surface area contributed by atoms with Crippen molar-refractivity contribution in [3.63, 3.8) is 0 Å². The molecule has 0 heterocycles. The van der Waals surface area contributed by atoms with Crippen LogP contribution in [-0.4, -0.2) is 26.9 Å². The summed E-state index contributed by atoms with van der Waals surface area (Å²) in [4.78, 5) is 0. The third-order valence-electron chi connectivity index (χ3n) is 2.70. The van der Waals surface area contributed by atoms with Crippen molar-refractivity contribution in [1.82, 2.24) is 5.32 Å². The largest absolute Gasteiger partial charge is 0.488 e. The van der Waals surface area contributed by atoms with E-state index in [0.29, 0.717) is 19.0 Å². The highest BCUT2D eigenvalue weighted by Crippen LogP contribution is 2.28. The van der Waals surface area contributed by atoms with Gasteiger partial charge in [0.25, 0.3) is 0 Å². The van der Waals surface area contributed by atoms with Crippen LogP contribution in [0.25, 0.3) is 0 Å². The molecule has 0 bridgehead atoms. The highest BCUT2D eigenvalue weighted by Gasteiger charge is 2.14. The molecule has 0 aliphatic heterocycles. The summed E-state index contributed by atoms with van der Waals surface area (Å²) in [5, 5.41) is 3.33. The Morgan fingerprint density at radius 2 is 2.11 bits per heavy atom. The summed E-state index contributed by atoms with van der Waals surface area (Å²) >= 11 is 0. The molecule has 18 heavy (non-hydrogen) atoms. The summed E-state index contributed by atoms with van der Waals surface area (Å²) in [6.45, 7) is 5.81. The van der Waals surface area contributed by atoms with Gasteiger partial charge in [0.1, 0.15) is 6.61 Å². The average Bonchev–Trinajstić information content (AvgIpc) is 2.38. The topological polar surface area (TPSA) is 30.5 Å². The van der Waals surface area contributed by atoms with Gasteiger partial charge in [0, 0.05) is 18.7 Å². The van der Waals surface area contributed by atoms with Crippen LogP contribution in [0.3, 0.4) is 0 Å². The molecular formula is C14H22FNO2. The minimum absolute atomic E-state index is 0.0678. The summed E-state index contributed by atoms with van der Waals surface area (Å²) in [5.74, 6) is -0.000551. The molecule has 1 rings (SSSR count). The van der Waals surface area contributed by atoms with Crippen molar-refractivity contribution in [2.75, 3.05) is 26.9 Å². The molecule has 102 valence electrons. The van der Waals surface area contributed by atoms with Gasteiger partial charge >= 0.3 is 0 Å². The van der Waals surface area contributed by atoms with Gasteiger partial charge < -0.3 is 14.8 Å². The number of hydrogen-bond donors (Lipinski definition) is 1. The predicted molar refractivity (Wildman–Crippen MR) is 70.5 cm³/mol. The highest BCUT2D eigenvalue weighted by molar-refractivity contribution is 5.37. The van der Waals surface area contributed by atoms with E-state index in [0.717, 1.165) is 18.5 Å². The summed E-state index contributed by atoms with van der Waals surface area (Å²) in [5.41, 5.74) is 0.847. The molecule has 0 fully saturated rings. The molecule has 1 atom stereocenters. The molecule has 1 aromatic carbocycles. The molecule has 1 N–H and O–H groups in total. The van der Waals surface area contributed by atoms with E-state index in [1.165, 1.54) is 6.07 Å². The van der Waals surface area contributed by atoms with E-state index in [1.807, 2.05) is 13.0 Å². The standard InChI is InChI=1S/C14H22FNO2/c1-4-8-16-11(2)12-6-5-7-13(15)14(12)18-10-9-17-3/h5-7,11,16H,4,8-10H2,1-3H3. The Balaban J connectivity index is 2.78. The summed E-state index contributed by atoms with van der Waals surface area (Å²) < 4.78 is 24.1. The summed E-state index contributed by atoms with van der Waals surface area (Å²) in [6, 6.07) is 5.08. The van der Waals surface area contributed by atoms with Gasteiger partial charge in [-0.15, -0.1) is 0 Å². The fourth-order valence-electron chi connectivity index (χ4n) is 1.72. The minimum Gasteiger partial charge on any atom is -0.488 e. The zero-order chi connectivity index (χ0) is 13.4. The van der Waals surface area contributed by atoms with Crippen LogP contribution in [0.4, 0.5) is 4.39 Å². The van der Waals surface area contributed by atoms with Gasteiger partial charge in [0.2, 0.25) is 0 Å². The second kappa shape index (κ2) is 8.06. The van der Waals surface area contributed by atoms with Gasteiger partial charge in [0.15, 0.2) is 11.6 Å². The first-order valence-corrected chi connectivity index (χ1v) is 6.34. The molecule has 0 saturated carbocycles. The van der Waals surface area contributed by atoms with Gasteiger partial charge in [-0.2, -0.15) is 0 Å². The quantitative estimate of drug-likeness (QED) is 0.724. The third kappa shape index (κ3) is 4.27. The molecule has 0 aliphatic rings. The maximum Gasteiger partial charge on any atom is 0.165 e. The lowest BCUT2D eigenvalue weighted by Crippen LogP contribution is -2.20. The molecule has 1 unspecified atom stereocenters. The molecule has 3 nitrogen and oxygen atoms in total. The van der Waals surface area contributed by atoms with Crippen molar-refractivity contribution in [2.45, 2.75) is 26.3 Å². The average molecular weight is 255 g/mol. The van der Waals surface area contributed by atoms with Gasteiger partial charge in [-0.1, -0.05) is 19.1 Å². The van der Waals surface area contributed by atoms with Crippen molar-refractivity contribution in [2.24, 2.45) is 0 Å². The molecule has 0 radical (unpaired) electrons. The Morgan fingerprint density at radius 1 is 1.33 bits per heavy atom. The first-order valence-electron chi connectivity index (χ1n) is 6.34. The predicted octanol–water partition coefficient (Wildman–Crippen LogP) is 2.91. The first-order chi connectivity index (χ1) is 8.70. The number of halogens is 1. The smallest absolute Gasteiger partial charge is 0.165 e. The zero-order valence-corrected chi connectivity index (χ0v) is 11.3. The van der Waals surface area contributed by atoms with Gasteiger partial charge in [-0.3, -0.25) is 0 Å².